The van der Waals surface area contributed by atoms with Gasteiger partial charge in [-0.2, -0.15) is 5.26 Å². The molecule has 0 aliphatic heterocycles. The smallest absolute Gasteiger partial charge is 0.263 e. The number of para-hydroxylation sites is 1. The molecule has 0 radical (unpaired) electrons. The number of amides is 1. The highest BCUT2D eigenvalue weighted by molar-refractivity contribution is 5.97. The zero-order valence-corrected chi connectivity index (χ0v) is 14.3. The first-order valence-corrected chi connectivity index (χ1v) is 8.48. The van der Waals surface area contributed by atoms with Crippen LogP contribution < -0.4 is 10.6 Å². The SMILES string of the molecule is N#C/C(=C/NCCc1c[nH]c2ccccc12)C(=O)NCc1ccccc1. The minimum absolute atomic E-state index is 0.0693. The van der Waals surface area contributed by atoms with Crippen LogP contribution >= 0.6 is 0 Å². The molecule has 0 aliphatic rings. The second-order valence-corrected chi connectivity index (χ2v) is 5.90. The fraction of sp³-hybridized carbons (Fsp3) is 0.143. The van der Waals surface area contributed by atoms with Gasteiger partial charge in [0.15, 0.2) is 0 Å². The third-order valence-corrected chi connectivity index (χ3v) is 4.12. The Kier molecular flexibility index (Phi) is 5.69. The second-order valence-electron chi connectivity index (χ2n) is 5.90. The maximum atomic E-state index is 12.1. The summed E-state index contributed by atoms with van der Waals surface area (Å²) < 4.78 is 0. The lowest BCUT2D eigenvalue weighted by atomic mass is 10.1. The predicted octanol–water partition coefficient (Wildman–Crippen LogP) is 3.02. The van der Waals surface area contributed by atoms with Crippen molar-refractivity contribution in [3.05, 3.63) is 83.7 Å². The lowest BCUT2D eigenvalue weighted by molar-refractivity contribution is -0.117. The summed E-state index contributed by atoms with van der Waals surface area (Å²) in [7, 11) is 0. The molecule has 0 unspecified atom stereocenters. The van der Waals surface area contributed by atoms with Crippen LogP contribution in [0.2, 0.25) is 0 Å². The van der Waals surface area contributed by atoms with Gasteiger partial charge < -0.3 is 15.6 Å². The second kappa shape index (κ2) is 8.54. The molecule has 5 heteroatoms. The van der Waals surface area contributed by atoms with E-state index in [2.05, 4.69) is 21.7 Å². The number of rotatable bonds is 7. The maximum Gasteiger partial charge on any atom is 0.263 e. The number of hydrogen-bond donors (Lipinski definition) is 3. The molecule has 2 aromatic carbocycles. The first kappa shape index (κ1) is 17.3. The molecule has 0 bridgehead atoms. The number of fused-ring (bicyclic) bond motifs is 1. The summed E-state index contributed by atoms with van der Waals surface area (Å²) in [6.07, 6.45) is 4.27. The van der Waals surface area contributed by atoms with E-state index in [0.29, 0.717) is 13.1 Å². The summed E-state index contributed by atoms with van der Waals surface area (Å²) in [5.74, 6) is -0.379. The van der Waals surface area contributed by atoms with Crippen LogP contribution in [0, 0.1) is 11.3 Å². The van der Waals surface area contributed by atoms with Crippen molar-refractivity contribution in [1.29, 1.82) is 5.26 Å². The van der Waals surface area contributed by atoms with Gasteiger partial charge in [-0.1, -0.05) is 48.5 Å². The molecular weight excluding hydrogens is 324 g/mol. The van der Waals surface area contributed by atoms with Crippen LogP contribution in [0.5, 0.6) is 0 Å². The number of hydrogen-bond acceptors (Lipinski definition) is 3. The monoisotopic (exact) mass is 344 g/mol. The highest BCUT2D eigenvalue weighted by atomic mass is 16.1. The molecule has 1 aromatic heterocycles. The molecule has 0 atom stereocenters. The Bertz CT molecular complexity index is 951. The van der Waals surface area contributed by atoms with Crippen molar-refractivity contribution in [2.75, 3.05) is 6.54 Å². The number of benzene rings is 2. The van der Waals surface area contributed by atoms with E-state index in [1.54, 1.807) is 0 Å². The van der Waals surface area contributed by atoms with Crippen molar-refractivity contribution < 1.29 is 4.79 Å². The molecule has 0 aliphatic carbocycles. The quantitative estimate of drug-likeness (QED) is 0.350. The summed E-state index contributed by atoms with van der Waals surface area (Å²) in [5.41, 5.74) is 3.37. The molecule has 1 amide bonds. The standard InChI is InChI=1S/C21H20N4O/c22-12-18(21(26)25-13-16-6-2-1-3-7-16)14-23-11-10-17-15-24-20-9-5-4-8-19(17)20/h1-9,14-15,23-24H,10-11,13H2,(H,25,26)/b18-14-. The first-order chi connectivity index (χ1) is 12.8. The van der Waals surface area contributed by atoms with Crippen molar-refractivity contribution in [2.45, 2.75) is 13.0 Å². The lowest BCUT2D eigenvalue weighted by Crippen LogP contribution is -2.25. The van der Waals surface area contributed by atoms with Gasteiger partial charge in [0.05, 0.1) is 0 Å². The highest BCUT2D eigenvalue weighted by Crippen LogP contribution is 2.17. The van der Waals surface area contributed by atoms with E-state index in [0.717, 1.165) is 17.5 Å². The van der Waals surface area contributed by atoms with E-state index in [4.69, 9.17) is 0 Å². The molecule has 3 aromatic rings. The Hall–Kier alpha value is -3.52. The Morgan fingerprint density at radius 3 is 2.69 bits per heavy atom. The molecule has 0 spiro atoms. The van der Waals surface area contributed by atoms with Crippen LogP contribution in [-0.4, -0.2) is 17.4 Å². The summed E-state index contributed by atoms with van der Waals surface area (Å²) in [6, 6.07) is 19.7. The Balaban J connectivity index is 1.51. The number of nitriles is 1. The molecule has 3 rings (SSSR count). The number of carbonyl (C=O) groups excluding carboxylic acids is 1. The summed E-state index contributed by atoms with van der Waals surface area (Å²) in [6.45, 7) is 1.03. The van der Waals surface area contributed by atoms with Crippen LogP contribution in [0.1, 0.15) is 11.1 Å². The van der Waals surface area contributed by atoms with Crippen LogP contribution in [0.4, 0.5) is 0 Å². The predicted molar refractivity (Wildman–Crippen MR) is 102 cm³/mol. The Morgan fingerprint density at radius 1 is 1.12 bits per heavy atom. The number of aromatic amines is 1. The Labute approximate surface area is 152 Å². The van der Waals surface area contributed by atoms with Gasteiger partial charge in [-0.15, -0.1) is 0 Å². The number of nitrogens with one attached hydrogen (secondary N) is 3. The van der Waals surface area contributed by atoms with Crippen molar-refractivity contribution in [2.24, 2.45) is 0 Å². The average molecular weight is 344 g/mol. The van der Waals surface area contributed by atoms with Gasteiger partial charge in [-0.25, -0.2) is 0 Å². The average Bonchev–Trinajstić information content (AvgIpc) is 3.10. The molecule has 0 fully saturated rings. The van der Waals surface area contributed by atoms with Crippen molar-refractivity contribution in [3.63, 3.8) is 0 Å². The van der Waals surface area contributed by atoms with Gasteiger partial charge in [-0.3, -0.25) is 4.79 Å². The largest absolute Gasteiger partial charge is 0.389 e. The van der Waals surface area contributed by atoms with Crippen LogP contribution in [0.25, 0.3) is 10.9 Å². The van der Waals surface area contributed by atoms with E-state index in [9.17, 15) is 10.1 Å². The summed E-state index contributed by atoms with van der Waals surface area (Å²) in [4.78, 5) is 15.3. The Morgan fingerprint density at radius 2 is 1.88 bits per heavy atom. The van der Waals surface area contributed by atoms with Gasteiger partial charge in [0, 0.05) is 36.4 Å². The van der Waals surface area contributed by atoms with Gasteiger partial charge in [0.25, 0.3) is 5.91 Å². The highest BCUT2D eigenvalue weighted by Gasteiger charge is 2.08. The van der Waals surface area contributed by atoms with E-state index in [1.165, 1.54) is 17.1 Å². The third-order valence-electron chi connectivity index (χ3n) is 4.12. The topological polar surface area (TPSA) is 80.7 Å². The molecular formula is C21H20N4O. The zero-order chi connectivity index (χ0) is 18.2. The van der Waals surface area contributed by atoms with Gasteiger partial charge in [-0.05, 0) is 23.6 Å². The third kappa shape index (κ3) is 4.31. The van der Waals surface area contributed by atoms with E-state index in [1.807, 2.05) is 60.8 Å². The van der Waals surface area contributed by atoms with Gasteiger partial charge >= 0.3 is 0 Å². The molecule has 3 N–H and O–H groups in total. The van der Waals surface area contributed by atoms with E-state index < -0.39 is 0 Å². The van der Waals surface area contributed by atoms with Crippen molar-refractivity contribution in [1.82, 2.24) is 15.6 Å². The minimum atomic E-state index is -0.379. The molecule has 26 heavy (non-hydrogen) atoms. The van der Waals surface area contributed by atoms with Crippen molar-refractivity contribution in [3.8, 4) is 6.07 Å². The lowest BCUT2D eigenvalue weighted by Gasteiger charge is -2.05. The molecule has 1 heterocycles. The molecule has 130 valence electrons. The van der Waals surface area contributed by atoms with E-state index >= 15 is 0 Å². The number of carbonyl (C=O) groups is 1. The molecule has 0 saturated carbocycles. The maximum absolute atomic E-state index is 12.1. The first-order valence-electron chi connectivity index (χ1n) is 8.48. The number of H-pyrrole nitrogens is 1. The zero-order valence-electron chi connectivity index (χ0n) is 14.3. The molecule has 5 nitrogen and oxygen atoms in total. The van der Waals surface area contributed by atoms with Gasteiger partial charge in [0.1, 0.15) is 11.6 Å². The van der Waals surface area contributed by atoms with Crippen LogP contribution in [-0.2, 0) is 17.8 Å². The van der Waals surface area contributed by atoms with Gasteiger partial charge in [0.2, 0.25) is 0 Å². The molecule has 0 saturated heterocycles. The van der Waals surface area contributed by atoms with Crippen LogP contribution in [0.3, 0.4) is 0 Å². The fourth-order valence-electron chi connectivity index (χ4n) is 2.74. The minimum Gasteiger partial charge on any atom is -0.389 e. The normalized spacial score (nSPS) is 11.1. The number of nitrogens with zero attached hydrogens (tertiary/aromatic N) is 1. The fourth-order valence-corrected chi connectivity index (χ4v) is 2.74. The van der Waals surface area contributed by atoms with Crippen LogP contribution in [0.15, 0.2) is 72.6 Å². The number of aromatic nitrogens is 1. The summed E-state index contributed by atoms with van der Waals surface area (Å²) in [5, 5.41) is 16.2. The summed E-state index contributed by atoms with van der Waals surface area (Å²) >= 11 is 0. The van der Waals surface area contributed by atoms with Crippen molar-refractivity contribution >= 4 is 16.8 Å². The van der Waals surface area contributed by atoms with E-state index in [-0.39, 0.29) is 11.5 Å².